The first-order valence-corrected chi connectivity index (χ1v) is 7.88. The molecular weight excluding hydrogens is 306 g/mol. The van der Waals surface area contributed by atoms with E-state index in [-0.39, 0.29) is 5.91 Å². The van der Waals surface area contributed by atoms with Crippen molar-refractivity contribution in [2.45, 2.75) is 13.0 Å². The molecule has 2 heterocycles. The molecule has 1 N–H and O–H groups in total. The Kier molecular flexibility index (Phi) is 4.22. The van der Waals surface area contributed by atoms with Gasteiger partial charge in [-0.3, -0.25) is 9.48 Å². The van der Waals surface area contributed by atoms with Crippen molar-refractivity contribution in [3.8, 4) is 0 Å². The highest BCUT2D eigenvalue weighted by Crippen LogP contribution is 2.34. The summed E-state index contributed by atoms with van der Waals surface area (Å²) in [6.07, 6.45) is 4.48. The topological polar surface area (TPSA) is 46.9 Å². The van der Waals surface area contributed by atoms with Gasteiger partial charge in [0.1, 0.15) is 4.88 Å². The third-order valence-electron chi connectivity index (χ3n) is 3.15. The van der Waals surface area contributed by atoms with Gasteiger partial charge in [0.15, 0.2) is 0 Å². The van der Waals surface area contributed by atoms with E-state index in [0.29, 0.717) is 16.4 Å². The van der Waals surface area contributed by atoms with Crippen molar-refractivity contribution < 1.29 is 4.79 Å². The maximum atomic E-state index is 12.2. The SMILES string of the molecule is O=C(NCCCn1cccn1)c1sc2ccccc2c1Cl. The number of fused-ring (bicyclic) bond motifs is 1. The molecule has 0 fully saturated rings. The van der Waals surface area contributed by atoms with Crippen LogP contribution in [0.15, 0.2) is 42.7 Å². The van der Waals surface area contributed by atoms with Crippen molar-refractivity contribution >= 4 is 38.9 Å². The second kappa shape index (κ2) is 6.28. The monoisotopic (exact) mass is 319 g/mol. The van der Waals surface area contributed by atoms with Crippen LogP contribution in [0.25, 0.3) is 10.1 Å². The van der Waals surface area contributed by atoms with Gasteiger partial charge in [-0.25, -0.2) is 0 Å². The van der Waals surface area contributed by atoms with E-state index in [4.69, 9.17) is 11.6 Å². The maximum absolute atomic E-state index is 12.2. The van der Waals surface area contributed by atoms with E-state index in [0.717, 1.165) is 23.1 Å². The van der Waals surface area contributed by atoms with E-state index in [1.54, 1.807) is 6.20 Å². The van der Waals surface area contributed by atoms with Gasteiger partial charge in [-0.2, -0.15) is 5.10 Å². The van der Waals surface area contributed by atoms with Crippen LogP contribution in [0, 0.1) is 0 Å². The minimum absolute atomic E-state index is 0.110. The molecule has 3 rings (SSSR count). The van der Waals surface area contributed by atoms with Crippen LogP contribution in [0.1, 0.15) is 16.1 Å². The number of carbonyl (C=O) groups excluding carboxylic acids is 1. The number of rotatable bonds is 5. The molecule has 0 saturated heterocycles. The Morgan fingerprint density at radius 3 is 2.95 bits per heavy atom. The maximum Gasteiger partial charge on any atom is 0.262 e. The Balaban J connectivity index is 1.60. The largest absolute Gasteiger partial charge is 0.351 e. The van der Waals surface area contributed by atoms with E-state index in [1.807, 2.05) is 41.2 Å². The van der Waals surface area contributed by atoms with Crippen molar-refractivity contribution in [3.05, 3.63) is 52.6 Å². The van der Waals surface area contributed by atoms with Crippen molar-refractivity contribution in [1.29, 1.82) is 0 Å². The number of nitrogens with zero attached hydrogens (tertiary/aromatic N) is 2. The van der Waals surface area contributed by atoms with Crippen LogP contribution < -0.4 is 5.32 Å². The summed E-state index contributed by atoms with van der Waals surface area (Å²) in [5.74, 6) is -0.110. The van der Waals surface area contributed by atoms with Gasteiger partial charge < -0.3 is 5.32 Å². The zero-order valence-electron chi connectivity index (χ0n) is 11.3. The highest BCUT2D eigenvalue weighted by molar-refractivity contribution is 7.21. The van der Waals surface area contributed by atoms with Crippen molar-refractivity contribution in [2.24, 2.45) is 0 Å². The van der Waals surface area contributed by atoms with Crippen LogP contribution in [0.2, 0.25) is 5.02 Å². The zero-order valence-corrected chi connectivity index (χ0v) is 12.8. The minimum Gasteiger partial charge on any atom is -0.351 e. The molecule has 1 aromatic carbocycles. The summed E-state index contributed by atoms with van der Waals surface area (Å²) >= 11 is 7.71. The molecule has 0 atom stereocenters. The Morgan fingerprint density at radius 2 is 2.19 bits per heavy atom. The minimum atomic E-state index is -0.110. The van der Waals surface area contributed by atoms with Gasteiger partial charge in [-0.05, 0) is 18.6 Å². The van der Waals surface area contributed by atoms with E-state index >= 15 is 0 Å². The number of thiophene rings is 1. The Labute approximate surface area is 131 Å². The molecular formula is C15H14ClN3OS. The van der Waals surface area contributed by atoms with Crippen LogP contribution in [0.4, 0.5) is 0 Å². The smallest absolute Gasteiger partial charge is 0.262 e. The molecule has 0 bridgehead atoms. The third kappa shape index (κ3) is 3.09. The summed E-state index contributed by atoms with van der Waals surface area (Å²) in [6.45, 7) is 1.39. The predicted octanol–water partition coefficient (Wildman–Crippen LogP) is 3.57. The molecule has 1 amide bonds. The van der Waals surface area contributed by atoms with E-state index in [9.17, 15) is 4.79 Å². The number of nitrogens with one attached hydrogen (secondary N) is 1. The summed E-state index contributed by atoms with van der Waals surface area (Å²) in [5, 5.41) is 8.51. The standard InChI is InChI=1S/C15H14ClN3OS/c16-13-11-5-1-2-6-12(11)21-14(13)15(20)17-7-3-9-19-10-4-8-18-19/h1-2,4-6,8,10H,3,7,9H2,(H,17,20). The van der Waals surface area contributed by atoms with Gasteiger partial charge in [-0.15, -0.1) is 11.3 Å². The number of aromatic nitrogens is 2. The molecule has 21 heavy (non-hydrogen) atoms. The van der Waals surface area contributed by atoms with Crippen LogP contribution >= 0.6 is 22.9 Å². The van der Waals surface area contributed by atoms with Crippen molar-refractivity contribution in [2.75, 3.05) is 6.54 Å². The molecule has 0 aliphatic rings. The molecule has 4 nitrogen and oxygen atoms in total. The van der Waals surface area contributed by atoms with E-state index < -0.39 is 0 Å². The second-order valence-electron chi connectivity index (χ2n) is 4.62. The van der Waals surface area contributed by atoms with Gasteiger partial charge >= 0.3 is 0 Å². The molecule has 0 spiro atoms. The third-order valence-corrected chi connectivity index (χ3v) is 4.82. The van der Waals surface area contributed by atoms with E-state index in [2.05, 4.69) is 10.4 Å². The molecule has 6 heteroatoms. The second-order valence-corrected chi connectivity index (χ2v) is 6.05. The van der Waals surface area contributed by atoms with Crippen LogP contribution in [0.5, 0.6) is 0 Å². The lowest BCUT2D eigenvalue weighted by molar-refractivity contribution is 0.0957. The predicted molar refractivity (Wildman–Crippen MR) is 86.0 cm³/mol. The summed E-state index contributed by atoms with van der Waals surface area (Å²) < 4.78 is 2.88. The molecule has 0 aliphatic heterocycles. The summed E-state index contributed by atoms with van der Waals surface area (Å²) in [6, 6.07) is 9.66. The first kappa shape index (κ1) is 14.1. The van der Waals surface area contributed by atoms with Gasteiger partial charge in [0.2, 0.25) is 0 Å². The average molecular weight is 320 g/mol. The number of amides is 1. The number of hydrogen-bond donors (Lipinski definition) is 1. The van der Waals surface area contributed by atoms with Crippen LogP contribution in [0.3, 0.4) is 0 Å². The van der Waals surface area contributed by atoms with Crippen molar-refractivity contribution in [3.63, 3.8) is 0 Å². The molecule has 3 aromatic rings. The quantitative estimate of drug-likeness (QED) is 0.731. The number of hydrogen-bond acceptors (Lipinski definition) is 3. The van der Waals surface area contributed by atoms with E-state index in [1.165, 1.54) is 11.3 Å². The fourth-order valence-corrected chi connectivity index (χ4v) is 3.55. The summed E-state index contributed by atoms with van der Waals surface area (Å²) in [4.78, 5) is 12.8. The van der Waals surface area contributed by atoms with Gasteiger partial charge in [0.05, 0.1) is 5.02 Å². The molecule has 2 aromatic heterocycles. The summed E-state index contributed by atoms with van der Waals surface area (Å²) in [5.41, 5.74) is 0. The molecule has 0 saturated carbocycles. The lowest BCUT2D eigenvalue weighted by Crippen LogP contribution is -2.24. The first-order valence-electron chi connectivity index (χ1n) is 6.68. The molecule has 108 valence electrons. The van der Waals surface area contributed by atoms with Crippen LogP contribution in [-0.4, -0.2) is 22.2 Å². The Hall–Kier alpha value is -1.85. The highest BCUT2D eigenvalue weighted by Gasteiger charge is 2.16. The first-order chi connectivity index (χ1) is 10.3. The molecule has 0 aliphatic carbocycles. The van der Waals surface area contributed by atoms with Crippen LogP contribution in [-0.2, 0) is 6.54 Å². The lowest BCUT2D eigenvalue weighted by Gasteiger charge is -2.04. The summed E-state index contributed by atoms with van der Waals surface area (Å²) in [7, 11) is 0. The number of carbonyl (C=O) groups is 1. The fourth-order valence-electron chi connectivity index (χ4n) is 2.12. The van der Waals surface area contributed by atoms with Gasteiger partial charge in [0.25, 0.3) is 5.91 Å². The fraction of sp³-hybridized carbons (Fsp3) is 0.200. The number of benzene rings is 1. The highest BCUT2D eigenvalue weighted by atomic mass is 35.5. The zero-order chi connectivity index (χ0) is 14.7. The number of aryl methyl sites for hydroxylation is 1. The molecule has 0 radical (unpaired) electrons. The Bertz CT molecular complexity index is 751. The average Bonchev–Trinajstić information content (AvgIpc) is 3.12. The van der Waals surface area contributed by atoms with Crippen molar-refractivity contribution in [1.82, 2.24) is 15.1 Å². The normalized spacial score (nSPS) is 10.9. The van der Waals surface area contributed by atoms with Gasteiger partial charge in [-0.1, -0.05) is 29.8 Å². The Morgan fingerprint density at radius 1 is 1.33 bits per heavy atom. The molecule has 0 unspecified atom stereocenters. The lowest BCUT2D eigenvalue weighted by atomic mass is 10.2. The van der Waals surface area contributed by atoms with Gasteiger partial charge in [0, 0.05) is 35.6 Å². The number of halogens is 1.